The lowest BCUT2D eigenvalue weighted by Gasteiger charge is -2.34. The van der Waals surface area contributed by atoms with Gasteiger partial charge < -0.3 is 15.8 Å². The number of ether oxygens (including phenoxy) is 1. The van der Waals surface area contributed by atoms with E-state index in [-0.39, 0.29) is 11.9 Å². The van der Waals surface area contributed by atoms with Crippen molar-refractivity contribution in [2.24, 2.45) is 11.7 Å². The summed E-state index contributed by atoms with van der Waals surface area (Å²) >= 11 is 3.43. The third-order valence-corrected chi connectivity index (χ3v) is 9.43. The molecule has 0 bridgehead atoms. The predicted octanol–water partition coefficient (Wildman–Crippen LogP) is 2.29. The van der Waals surface area contributed by atoms with E-state index in [4.69, 9.17) is 10.5 Å². The molecule has 0 radical (unpaired) electrons. The number of hydrogen-bond acceptors (Lipinski definition) is 7. The number of carbonyl (C=O) groups is 2. The van der Waals surface area contributed by atoms with Gasteiger partial charge >= 0.3 is 0 Å². The molecule has 0 aromatic heterocycles. The van der Waals surface area contributed by atoms with Gasteiger partial charge in [0.15, 0.2) is 5.54 Å². The molecule has 2 aliphatic heterocycles. The fourth-order valence-electron chi connectivity index (χ4n) is 4.97. The first-order chi connectivity index (χ1) is 16.6. The molecule has 3 aliphatic rings. The van der Waals surface area contributed by atoms with Crippen molar-refractivity contribution in [1.29, 1.82) is 0 Å². The second-order valence-corrected chi connectivity index (χ2v) is 11.7. The van der Waals surface area contributed by atoms with E-state index >= 15 is 0 Å². The molecule has 2 saturated heterocycles. The van der Waals surface area contributed by atoms with Crippen LogP contribution in [0.15, 0.2) is 24.3 Å². The highest BCUT2D eigenvalue weighted by Gasteiger charge is 2.42. The fourth-order valence-corrected chi connectivity index (χ4v) is 7.39. The molecular formula is C25H38N4O3S2. The van der Waals surface area contributed by atoms with Gasteiger partial charge in [0.05, 0.1) is 19.3 Å². The Bertz CT molecular complexity index is 807. The SMILES string of the molecule is NC(=O)C(CSCC1CCCCC1)(NC(=O)[C@@H]1CSCN1)c1ccc(CN2CCOCC2)cc1. The normalized spacial score (nSPS) is 23.9. The van der Waals surface area contributed by atoms with Crippen LogP contribution in [0.1, 0.15) is 43.2 Å². The molecule has 2 amide bonds. The van der Waals surface area contributed by atoms with E-state index in [9.17, 15) is 9.59 Å². The second-order valence-electron chi connectivity index (χ2n) is 9.64. The summed E-state index contributed by atoms with van der Waals surface area (Å²) < 4.78 is 5.45. The maximum Gasteiger partial charge on any atom is 0.248 e. The Hall–Kier alpha value is -1.26. The molecule has 4 rings (SSSR count). The van der Waals surface area contributed by atoms with Crippen LogP contribution in [-0.2, 0) is 26.4 Å². The van der Waals surface area contributed by atoms with Crippen LogP contribution in [0.25, 0.3) is 0 Å². The smallest absolute Gasteiger partial charge is 0.248 e. The monoisotopic (exact) mass is 506 g/mol. The van der Waals surface area contributed by atoms with Crippen molar-refractivity contribution < 1.29 is 14.3 Å². The second kappa shape index (κ2) is 12.6. The van der Waals surface area contributed by atoms with E-state index < -0.39 is 11.4 Å². The lowest BCUT2D eigenvalue weighted by molar-refractivity contribution is -0.131. The van der Waals surface area contributed by atoms with Gasteiger partial charge in [-0.05, 0) is 35.6 Å². The summed E-state index contributed by atoms with van der Waals surface area (Å²) in [5.41, 5.74) is 6.77. The summed E-state index contributed by atoms with van der Waals surface area (Å²) in [5, 5.41) is 6.30. The van der Waals surface area contributed by atoms with Crippen molar-refractivity contribution in [1.82, 2.24) is 15.5 Å². The van der Waals surface area contributed by atoms with Crippen molar-refractivity contribution in [2.45, 2.75) is 50.2 Å². The maximum atomic E-state index is 13.1. The number of thioether (sulfide) groups is 2. The first-order valence-electron chi connectivity index (χ1n) is 12.5. The van der Waals surface area contributed by atoms with Gasteiger partial charge in [-0.25, -0.2) is 0 Å². The van der Waals surface area contributed by atoms with Gasteiger partial charge in [0, 0.05) is 37.0 Å². The number of nitrogens with zero attached hydrogens (tertiary/aromatic N) is 1. The molecule has 1 aromatic carbocycles. The molecule has 2 heterocycles. The van der Waals surface area contributed by atoms with Crippen molar-refractivity contribution in [3.8, 4) is 0 Å². The number of amides is 2. The predicted molar refractivity (Wildman–Crippen MR) is 140 cm³/mol. The minimum atomic E-state index is -1.22. The number of rotatable bonds is 10. The van der Waals surface area contributed by atoms with E-state index in [2.05, 4.69) is 27.7 Å². The van der Waals surface area contributed by atoms with Crippen LogP contribution >= 0.6 is 23.5 Å². The van der Waals surface area contributed by atoms with Crippen LogP contribution in [0.2, 0.25) is 0 Å². The van der Waals surface area contributed by atoms with E-state index in [1.807, 2.05) is 12.1 Å². The Kier molecular flexibility index (Phi) is 9.59. The van der Waals surface area contributed by atoms with Gasteiger partial charge in [-0.3, -0.25) is 19.8 Å². The summed E-state index contributed by atoms with van der Waals surface area (Å²) in [6.07, 6.45) is 6.41. The zero-order chi connectivity index (χ0) is 23.8. The standard InChI is InChI=1S/C25H38N4O3S2/c26-24(31)25(28-23(30)22-16-34-18-27-22,17-33-15-20-4-2-1-3-5-20)21-8-6-19(7-9-21)14-29-10-12-32-13-11-29/h6-9,20,22,27H,1-5,10-18H2,(H2,26,31)(H,28,30)/t22-,25?/m0/s1. The molecule has 9 heteroatoms. The lowest BCUT2D eigenvalue weighted by atomic mass is 9.89. The molecule has 2 atom stereocenters. The third-order valence-electron chi connectivity index (χ3n) is 7.14. The minimum Gasteiger partial charge on any atom is -0.379 e. The Morgan fingerprint density at radius 3 is 2.56 bits per heavy atom. The molecule has 1 aromatic rings. The Labute approximate surface area is 211 Å². The number of carbonyl (C=O) groups excluding carboxylic acids is 2. The summed E-state index contributed by atoms with van der Waals surface area (Å²) in [7, 11) is 0. The van der Waals surface area contributed by atoms with Gasteiger partial charge in [-0.1, -0.05) is 43.5 Å². The van der Waals surface area contributed by atoms with Crippen LogP contribution in [-0.4, -0.2) is 72.2 Å². The zero-order valence-corrected chi connectivity index (χ0v) is 21.6. The molecule has 34 heavy (non-hydrogen) atoms. The molecule has 1 unspecified atom stereocenters. The number of nitrogens with two attached hydrogens (primary N) is 1. The van der Waals surface area contributed by atoms with Crippen LogP contribution < -0.4 is 16.4 Å². The van der Waals surface area contributed by atoms with Crippen LogP contribution in [0, 0.1) is 5.92 Å². The van der Waals surface area contributed by atoms with Gasteiger partial charge in [-0.15, -0.1) is 11.8 Å². The van der Waals surface area contributed by atoms with Crippen LogP contribution in [0.5, 0.6) is 0 Å². The summed E-state index contributed by atoms with van der Waals surface area (Å²) in [6.45, 7) is 4.22. The van der Waals surface area contributed by atoms with Gasteiger partial charge in [-0.2, -0.15) is 11.8 Å². The van der Waals surface area contributed by atoms with Crippen molar-refractivity contribution in [2.75, 3.05) is 49.4 Å². The summed E-state index contributed by atoms with van der Waals surface area (Å²) in [5.74, 6) is 2.93. The van der Waals surface area contributed by atoms with E-state index in [1.54, 1.807) is 23.5 Å². The highest BCUT2D eigenvalue weighted by Crippen LogP contribution is 2.32. The van der Waals surface area contributed by atoms with Crippen molar-refractivity contribution in [3.05, 3.63) is 35.4 Å². The zero-order valence-electron chi connectivity index (χ0n) is 19.9. The Morgan fingerprint density at radius 1 is 1.18 bits per heavy atom. The van der Waals surface area contributed by atoms with E-state index in [0.29, 0.717) is 17.4 Å². The molecule has 4 N–H and O–H groups in total. The Balaban J connectivity index is 1.50. The average molecular weight is 507 g/mol. The van der Waals surface area contributed by atoms with Crippen LogP contribution in [0.4, 0.5) is 0 Å². The molecule has 3 fully saturated rings. The van der Waals surface area contributed by atoms with E-state index in [0.717, 1.165) is 50.0 Å². The Morgan fingerprint density at radius 2 is 1.91 bits per heavy atom. The lowest BCUT2D eigenvalue weighted by Crippen LogP contribution is -2.60. The topological polar surface area (TPSA) is 96.7 Å². The quantitative estimate of drug-likeness (QED) is 0.448. The molecular weight excluding hydrogens is 468 g/mol. The minimum absolute atomic E-state index is 0.153. The van der Waals surface area contributed by atoms with Gasteiger partial charge in [0.25, 0.3) is 0 Å². The number of benzene rings is 1. The fraction of sp³-hybridized carbons (Fsp3) is 0.680. The summed E-state index contributed by atoms with van der Waals surface area (Å²) in [6, 6.07) is 7.76. The number of hydrogen-bond donors (Lipinski definition) is 3. The first-order valence-corrected chi connectivity index (χ1v) is 14.8. The number of morpholine rings is 1. The summed E-state index contributed by atoms with van der Waals surface area (Å²) in [4.78, 5) is 28.5. The number of primary amides is 1. The molecule has 7 nitrogen and oxygen atoms in total. The van der Waals surface area contributed by atoms with Crippen molar-refractivity contribution >= 4 is 35.3 Å². The van der Waals surface area contributed by atoms with Gasteiger partial charge in [0.2, 0.25) is 11.8 Å². The van der Waals surface area contributed by atoms with Crippen molar-refractivity contribution in [3.63, 3.8) is 0 Å². The largest absolute Gasteiger partial charge is 0.379 e. The highest BCUT2D eigenvalue weighted by atomic mass is 32.2. The van der Waals surface area contributed by atoms with Crippen LogP contribution in [0.3, 0.4) is 0 Å². The molecule has 1 aliphatic carbocycles. The highest BCUT2D eigenvalue weighted by molar-refractivity contribution is 7.99. The van der Waals surface area contributed by atoms with Gasteiger partial charge in [0.1, 0.15) is 0 Å². The first kappa shape index (κ1) is 25.8. The molecule has 188 valence electrons. The average Bonchev–Trinajstić information content (AvgIpc) is 3.40. The van der Waals surface area contributed by atoms with E-state index in [1.165, 1.54) is 37.7 Å². The molecule has 0 spiro atoms. The molecule has 1 saturated carbocycles. The maximum absolute atomic E-state index is 13.1. The number of nitrogens with one attached hydrogen (secondary N) is 2. The third kappa shape index (κ3) is 6.69.